The summed E-state index contributed by atoms with van der Waals surface area (Å²) in [5.74, 6) is -1.92. The first-order chi connectivity index (χ1) is 10.5. The van der Waals surface area contributed by atoms with Crippen LogP contribution in [0.4, 0.5) is 5.69 Å². The van der Waals surface area contributed by atoms with Crippen LogP contribution >= 0.6 is 0 Å². The summed E-state index contributed by atoms with van der Waals surface area (Å²) in [6, 6.07) is 3.98. The minimum atomic E-state index is -1.24. The molecule has 1 aromatic carbocycles. The van der Waals surface area contributed by atoms with E-state index in [0.717, 1.165) is 24.1 Å². The van der Waals surface area contributed by atoms with Crippen molar-refractivity contribution in [3.63, 3.8) is 0 Å². The Morgan fingerprint density at radius 2 is 2.18 bits per heavy atom. The molecule has 2 aromatic rings. The fraction of sp³-hybridized carbons (Fsp3) is 0.267. The van der Waals surface area contributed by atoms with E-state index in [9.17, 15) is 14.7 Å². The average Bonchev–Trinajstić information content (AvgIpc) is 2.96. The number of carbonyl (C=O) groups is 2. The molecule has 0 aliphatic heterocycles. The number of carbonyl (C=O) groups excluding carboxylic acids is 1. The average molecular weight is 301 g/mol. The van der Waals surface area contributed by atoms with E-state index in [1.165, 1.54) is 18.2 Å². The van der Waals surface area contributed by atoms with Crippen molar-refractivity contribution in [1.29, 1.82) is 0 Å². The van der Waals surface area contributed by atoms with E-state index in [1.54, 1.807) is 6.20 Å². The van der Waals surface area contributed by atoms with Crippen LogP contribution < -0.4 is 5.32 Å². The number of benzene rings is 1. The third-order valence-corrected chi connectivity index (χ3v) is 3.89. The molecule has 1 aliphatic rings. The number of aromatic nitrogens is 2. The SMILES string of the molecule is O=C(O)c1cc(NC(=O)C2CCc3cn[nH]c3C2)ccc1O. The van der Waals surface area contributed by atoms with E-state index < -0.39 is 5.97 Å². The highest BCUT2D eigenvalue weighted by Crippen LogP contribution is 2.26. The molecule has 114 valence electrons. The predicted molar refractivity (Wildman–Crippen MR) is 77.8 cm³/mol. The van der Waals surface area contributed by atoms with E-state index in [4.69, 9.17) is 5.11 Å². The van der Waals surface area contributed by atoms with Crippen molar-refractivity contribution in [2.45, 2.75) is 19.3 Å². The maximum absolute atomic E-state index is 12.3. The number of anilines is 1. The minimum absolute atomic E-state index is 0.165. The van der Waals surface area contributed by atoms with Gasteiger partial charge in [-0.25, -0.2) is 4.79 Å². The highest BCUT2D eigenvalue weighted by atomic mass is 16.4. The Kier molecular flexibility index (Phi) is 3.54. The molecule has 7 heteroatoms. The maximum atomic E-state index is 12.3. The second-order valence-corrected chi connectivity index (χ2v) is 5.34. The number of aromatic hydroxyl groups is 1. The number of hydrogen-bond acceptors (Lipinski definition) is 4. The van der Waals surface area contributed by atoms with Crippen molar-refractivity contribution in [3.8, 4) is 5.75 Å². The fourth-order valence-corrected chi connectivity index (χ4v) is 2.66. The summed E-state index contributed by atoms with van der Waals surface area (Å²) in [6.45, 7) is 0. The van der Waals surface area contributed by atoms with Gasteiger partial charge in [-0.15, -0.1) is 0 Å². The largest absolute Gasteiger partial charge is 0.507 e. The van der Waals surface area contributed by atoms with E-state index in [-0.39, 0.29) is 23.1 Å². The fourth-order valence-electron chi connectivity index (χ4n) is 2.66. The van der Waals surface area contributed by atoms with Gasteiger partial charge in [0, 0.05) is 23.7 Å². The van der Waals surface area contributed by atoms with Crippen molar-refractivity contribution in [3.05, 3.63) is 41.2 Å². The molecule has 1 unspecified atom stereocenters. The molecular weight excluding hydrogens is 286 g/mol. The number of aromatic carboxylic acids is 1. The quantitative estimate of drug-likeness (QED) is 0.642. The molecule has 3 rings (SSSR count). The van der Waals surface area contributed by atoms with Gasteiger partial charge in [0.25, 0.3) is 0 Å². The summed E-state index contributed by atoms with van der Waals surface area (Å²) in [7, 11) is 0. The van der Waals surface area contributed by atoms with Gasteiger partial charge >= 0.3 is 5.97 Å². The lowest BCUT2D eigenvalue weighted by Crippen LogP contribution is -2.28. The first-order valence-electron chi connectivity index (χ1n) is 6.93. The number of rotatable bonds is 3. The molecule has 22 heavy (non-hydrogen) atoms. The van der Waals surface area contributed by atoms with Gasteiger partial charge in [-0.1, -0.05) is 0 Å². The standard InChI is InChI=1S/C15H15N3O4/c19-13-4-3-10(6-11(13)15(21)22)17-14(20)8-1-2-9-7-16-18-12(9)5-8/h3-4,6-8,19H,1-2,5H2,(H,16,18)(H,17,20)(H,21,22). The normalized spacial score (nSPS) is 16.8. The third-order valence-electron chi connectivity index (χ3n) is 3.89. The Hall–Kier alpha value is -2.83. The number of aryl methyl sites for hydroxylation is 1. The molecule has 0 fully saturated rings. The van der Waals surface area contributed by atoms with Crippen LogP contribution in [-0.2, 0) is 17.6 Å². The van der Waals surface area contributed by atoms with Crippen molar-refractivity contribution in [2.75, 3.05) is 5.32 Å². The number of H-pyrrole nitrogens is 1. The zero-order valence-corrected chi connectivity index (χ0v) is 11.7. The van der Waals surface area contributed by atoms with Gasteiger partial charge in [0.2, 0.25) is 5.91 Å². The molecule has 4 N–H and O–H groups in total. The van der Waals surface area contributed by atoms with Crippen LogP contribution in [-0.4, -0.2) is 32.3 Å². The molecule has 0 radical (unpaired) electrons. The van der Waals surface area contributed by atoms with Gasteiger partial charge < -0.3 is 15.5 Å². The van der Waals surface area contributed by atoms with Crippen LogP contribution in [0.2, 0.25) is 0 Å². The van der Waals surface area contributed by atoms with Crippen LogP contribution in [0.15, 0.2) is 24.4 Å². The molecule has 1 aliphatic carbocycles. The third kappa shape index (κ3) is 2.65. The number of amides is 1. The summed E-state index contributed by atoms with van der Waals surface area (Å²) in [5, 5.41) is 28.0. The number of nitrogens with zero attached hydrogens (tertiary/aromatic N) is 1. The van der Waals surface area contributed by atoms with Gasteiger partial charge in [-0.05, 0) is 36.6 Å². The van der Waals surface area contributed by atoms with Gasteiger partial charge in [-0.3, -0.25) is 9.89 Å². The zero-order valence-electron chi connectivity index (χ0n) is 11.7. The van der Waals surface area contributed by atoms with E-state index >= 15 is 0 Å². The first-order valence-corrected chi connectivity index (χ1v) is 6.93. The topological polar surface area (TPSA) is 115 Å². The number of carboxylic acid groups (broad SMARTS) is 1. The first kappa shape index (κ1) is 14.1. The molecule has 0 bridgehead atoms. The van der Waals surface area contributed by atoms with Gasteiger partial charge in [0.1, 0.15) is 11.3 Å². The van der Waals surface area contributed by atoms with Crippen molar-refractivity contribution >= 4 is 17.6 Å². The summed E-state index contributed by atoms with van der Waals surface area (Å²) in [6.07, 6.45) is 3.88. The lowest BCUT2D eigenvalue weighted by Gasteiger charge is -2.21. The van der Waals surface area contributed by atoms with Crippen LogP contribution in [0.3, 0.4) is 0 Å². The van der Waals surface area contributed by atoms with Gasteiger partial charge in [0.05, 0.1) is 6.20 Å². The number of phenols is 1. The second kappa shape index (κ2) is 5.51. The van der Waals surface area contributed by atoms with Crippen LogP contribution in [0.25, 0.3) is 0 Å². The van der Waals surface area contributed by atoms with E-state index in [0.29, 0.717) is 12.1 Å². The van der Waals surface area contributed by atoms with Crippen molar-refractivity contribution in [2.24, 2.45) is 5.92 Å². The van der Waals surface area contributed by atoms with E-state index in [1.807, 2.05) is 0 Å². The lowest BCUT2D eigenvalue weighted by molar-refractivity contribution is -0.120. The maximum Gasteiger partial charge on any atom is 0.339 e. The molecule has 1 heterocycles. The second-order valence-electron chi connectivity index (χ2n) is 5.34. The van der Waals surface area contributed by atoms with Crippen molar-refractivity contribution in [1.82, 2.24) is 10.2 Å². The Morgan fingerprint density at radius 1 is 1.36 bits per heavy atom. The smallest absolute Gasteiger partial charge is 0.339 e. The number of nitrogens with one attached hydrogen (secondary N) is 2. The Morgan fingerprint density at radius 3 is 2.95 bits per heavy atom. The number of aromatic amines is 1. The summed E-state index contributed by atoms with van der Waals surface area (Å²) < 4.78 is 0. The molecular formula is C15H15N3O4. The Labute approximate surface area is 126 Å². The number of carboxylic acids is 1. The lowest BCUT2D eigenvalue weighted by atomic mass is 9.87. The van der Waals surface area contributed by atoms with Gasteiger partial charge in [-0.2, -0.15) is 5.10 Å². The minimum Gasteiger partial charge on any atom is -0.507 e. The molecule has 0 saturated carbocycles. The molecule has 0 saturated heterocycles. The summed E-state index contributed by atoms with van der Waals surface area (Å²) >= 11 is 0. The van der Waals surface area contributed by atoms with Crippen LogP contribution in [0.5, 0.6) is 5.75 Å². The highest BCUT2D eigenvalue weighted by molar-refractivity contribution is 5.96. The zero-order chi connectivity index (χ0) is 15.7. The molecule has 1 amide bonds. The Bertz CT molecular complexity index is 738. The molecule has 7 nitrogen and oxygen atoms in total. The van der Waals surface area contributed by atoms with Crippen LogP contribution in [0, 0.1) is 5.92 Å². The number of hydrogen-bond donors (Lipinski definition) is 4. The molecule has 1 aromatic heterocycles. The summed E-state index contributed by atoms with van der Waals surface area (Å²) in [4.78, 5) is 23.3. The van der Waals surface area contributed by atoms with Gasteiger partial charge in [0.15, 0.2) is 0 Å². The monoisotopic (exact) mass is 301 g/mol. The molecule has 0 spiro atoms. The van der Waals surface area contributed by atoms with E-state index in [2.05, 4.69) is 15.5 Å². The highest BCUT2D eigenvalue weighted by Gasteiger charge is 2.26. The summed E-state index contributed by atoms with van der Waals surface area (Å²) in [5.41, 5.74) is 2.23. The Balaban J connectivity index is 1.72. The number of fused-ring (bicyclic) bond motifs is 1. The molecule has 1 atom stereocenters. The van der Waals surface area contributed by atoms with Crippen molar-refractivity contribution < 1.29 is 19.8 Å². The van der Waals surface area contributed by atoms with Crippen LogP contribution in [0.1, 0.15) is 28.0 Å². The predicted octanol–water partition coefficient (Wildman–Crippen LogP) is 1.56.